The zero-order valence-corrected chi connectivity index (χ0v) is 22.1. The van der Waals surface area contributed by atoms with Gasteiger partial charge in [-0.15, -0.1) is 13.2 Å². The molecule has 4 aromatic rings. The number of thiazole rings is 1. The molecule has 1 aliphatic heterocycles. The lowest BCUT2D eigenvalue weighted by Gasteiger charge is -2.40. The molecule has 1 N–H and O–H groups in total. The third kappa shape index (κ3) is 5.68. The molecule has 1 fully saturated rings. The molecule has 3 aromatic heterocycles. The maximum absolute atomic E-state index is 13.7. The van der Waals surface area contributed by atoms with Gasteiger partial charge in [-0.25, -0.2) is 19.6 Å². The van der Waals surface area contributed by atoms with Gasteiger partial charge in [0, 0.05) is 31.7 Å². The van der Waals surface area contributed by atoms with Crippen LogP contribution in [0.1, 0.15) is 23.6 Å². The molecule has 5 rings (SSSR count). The number of amides is 1. The Morgan fingerprint density at radius 3 is 2.50 bits per heavy atom. The quantitative estimate of drug-likeness (QED) is 0.341. The Balaban J connectivity index is 1.41. The van der Waals surface area contributed by atoms with Crippen molar-refractivity contribution in [3.8, 4) is 17.3 Å². The lowest BCUT2D eigenvalue weighted by atomic mass is 10.2. The number of ether oxygens (including phenoxy) is 1. The summed E-state index contributed by atoms with van der Waals surface area (Å²) >= 11 is 0.438. The number of H-pyrrole nitrogens is 1. The molecule has 4 heterocycles. The molecule has 0 bridgehead atoms. The highest BCUT2D eigenvalue weighted by Crippen LogP contribution is 2.43. The number of aromatic amines is 1. The van der Waals surface area contributed by atoms with Crippen LogP contribution in [0.15, 0.2) is 18.2 Å². The van der Waals surface area contributed by atoms with Gasteiger partial charge in [-0.1, -0.05) is 11.3 Å². The molecule has 40 heavy (non-hydrogen) atoms. The summed E-state index contributed by atoms with van der Waals surface area (Å²) in [4.78, 5) is 31.4. The summed E-state index contributed by atoms with van der Waals surface area (Å²) in [5.74, 6) is 0.377. The van der Waals surface area contributed by atoms with Crippen molar-refractivity contribution in [3.05, 3.63) is 34.9 Å². The van der Waals surface area contributed by atoms with Crippen molar-refractivity contribution in [1.82, 2.24) is 34.6 Å². The van der Waals surface area contributed by atoms with E-state index in [2.05, 4.69) is 29.8 Å². The molecule has 1 atom stereocenters. The fourth-order valence-corrected chi connectivity index (χ4v) is 5.51. The number of halogens is 6. The Hall–Kier alpha value is -3.89. The molecular formula is C23H22F6N8O2S. The number of alkyl halides is 6. The number of nitrogens with zero attached hydrogens (tertiary/aromatic N) is 7. The minimum absolute atomic E-state index is 0.0138. The van der Waals surface area contributed by atoms with Crippen molar-refractivity contribution in [2.24, 2.45) is 0 Å². The minimum atomic E-state index is -4.91. The number of hydrogen-bond donors (Lipinski definition) is 1. The standard InChI is InChI=1S/C23H22F6N8O2S/c1-11-9-35(6-7-36(11)17(38)10-37-13(3)30-12(2)34-37)20-18(33-21(40-20)22(24,25)26)19-31-15-5-4-14(8-16(15)32-19)39-23(27,28)29/h4-5,8,11H,6-7,9-10H2,1-3H3,(H,31,32). The smallest absolute Gasteiger partial charge is 0.406 e. The van der Waals surface area contributed by atoms with E-state index >= 15 is 0 Å². The first-order valence-corrected chi connectivity index (χ1v) is 12.8. The van der Waals surface area contributed by atoms with Crippen LogP contribution in [0.3, 0.4) is 0 Å². The van der Waals surface area contributed by atoms with Crippen molar-refractivity contribution in [3.63, 3.8) is 0 Å². The third-order valence-electron chi connectivity index (χ3n) is 6.25. The molecule has 1 aliphatic rings. The van der Waals surface area contributed by atoms with E-state index in [1.165, 1.54) is 10.7 Å². The highest BCUT2D eigenvalue weighted by atomic mass is 32.1. The van der Waals surface area contributed by atoms with Crippen LogP contribution in [0.2, 0.25) is 0 Å². The van der Waals surface area contributed by atoms with Gasteiger partial charge >= 0.3 is 12.5 Å². The van der Waals surface area contributed by atoms with Crippen molar-refractivity contribution in [2.45, 2.75) is 45.9 Å². The van der Waals surface area contributed by atoms with Crippen LogP contribution in [-0.2, 0) is 17.5 Å². The number of piperazine rings is 1. The first kappa shape index (κ1) is 27.7. The van der Waals surface area contributed by atoms with Gasteiger partial charge in [0.05, 0.1) is 11.0 Å². The first-order valence-electron chi connectivity index (χ1n) is 11.9. The Kier molecular flexibility index (Phi) is 6.87. The summed E-state index contributed by atoms with van der Waals surface area (Å²) in [7, 11) is 0. The average molecular weight is 589 g/mol. The van der Waals surface area contributed by atoms with Crippen LogP contribution in [0.4, 0.5) is 31.3 Å². The molecule has 1 unspecified atom stereocenters. The van der Waals surface area contributed by atoms with E-state index in [9.17, 15) is 31.1 Å². The van der Waals surface area contributed by atoms with E-state index < -0.39 is 23.3 Å². The van der Waals surface area contributed by atoms with Gasteiger partial charge in [0.1, 0.15) is 34.6 Å². The van der Waals surface area contributed by atoms with Gasteiger partial charge in [0.15, 0.2) is 5.82 Å². The number of anilines is 1. The van der Waals surface area contributed by atoms with Crippen LogP contribution >= 0.6 is 11.3 Å². The van der Waals surface area contributed by atoms with E-state index in [4.69, 9.17) is 0 Å². The van der Waals surface area contributed by atoms with Crippen molar-refractivity contribution in [2.75, 3.05) is 24.5 Å². The topological polar surface area (TPSA) is 105 Å². The molecule has 0 spiro atoms. The maximum Gasteiger partial charge on any atom is 0.573 e. The second kappa shape index (κ2) is 9.94. The fourth-order valence-electron chi connectivity index (χ4n) is 4.54. The first-order chi connectivity index (χ1) is 18.7. The van der Waals surface area contributed by atoms with E-state index in [-0.39, 0.29) is 60.2 Å². The maximum atomic E-state index is 13.7. The number of fused-ring (bicyclic) bond motifs is 1. The molecule has 1 saturated heterocycles. The van der Waals surface area contributed by atoms with Gasteiger partial charge in [-0.3, -0.25) is 4.79 Å². The average Bonchev–Trinajstić information content (AvgIpc) is 3.53. The Morgan fingerprint density at radius 2 is 1.88 bits per heavy atom. The number of hydrogen-bond acceptors (Lipinski definition) is 8. The summed E-state index contributed by atoms with van der Waals surface area (Å²) in [5.41, 5.74) is 0.263. The molecule has 1 aromatic carbocycles. The molecule has 10 nitrogen and oxygen atoms in total. The van der Waals surface area contributed by atoms with Crippen LogP contribution in [0.5, 0.6) is 5.75 Å². The SMILES string of the molecule is Cc1nc(C)n(CC(=O)N2CCN(c3sc(C(F)(F)F)nc3-c3nc4cc(OC(F)(F)F)ccc4[nH]3)CC2C)n1. The summed E-state index contributed by atoms with van der Waals surface area (Å²) in [6.07, 6.45) is -9.64. The summed E-state index contributed by atoms with van der Waals surface area (Å²) in [6, 6.07) is 3.04. The molecule has 1 amide bonds. The molecule has 0 radical (unpaired) electrons. The number of rotatable bonds is 5. The van der Waals surface area contributed by atoms with E-state index in [1.807, 2.05) is 0 Å². The number of imidazole rings is 1. The molecule has 214 valence electrons. The Morgan fingerprint density at radius 1 is 1.12 bits per heavy atom. The normalized spacial score (nSPS) is 16.7. The van der Waals surface area contributed by atoms with Crippen LogP contribution < -0.4 is 9.64 Å². The van der Waals surface area contributed by atoms with Gasteiger partial charge in [0.2, 0.25) is 10.9 Å². The van der Waals surface area contributed by atoms with Crippen molar-refractivity contribution < 1.29 is 35.9 Å². The van der Waals surface area contributed by atoms with Crippen molar-refractivity contribution >= 4 is 33.3 Å². The number of aryl methyl sites for hydroxylation is 2. The summed E-state index contributed by atoms with van der Waals surface area (Å²) < 4.78 is 84.3. The van der Waals surface area contributed by atoms with Crippen LogP contribution in [0.25, 0.3) is 22.6 Å². The Labute approximate surface area is 226 Å². The third-order valence-corrected chi connectivity index (χ3v) is 7.41. The number of aromatic nitrogens is 6. The number of benzene rings is 1. The van der Waals surface area contributed by atoms with E-state index in [0.717, 1.165) is 12.1 Å². The molecule has 0 saturated carbocycles. The number of carbonyl (C=O) groups excluding carboxylic acids is 1. The van der Waals surface area contributed by atoms with Crippen molar-refractivity contribution in [1.29, 1.82) is 0 Å². The van der Waals surface area contributed by atoms with Gasteiger partial charge in [-0.05, 0) is 32.9 Å². The molecular weight excluding hydrogens is 566 g/mol. The monoisotopic (exact) mass is 588 g/mol. The van der Waals surface area contributed by atoms with Crippen LogP contribution in [0, 0.1) is 13.8 Å². The number of carbonyl (C=O) groups is 1. The summed E-state index contributed by atoms with van der Waals surface area (Å²) in [6.45, 7) is 5.91. The van der Waals surface area contributed by atoms with Crippen LogP contribution in [-0.4, -0.2) is 72.6 Å². The Bertz CT molecular complexity index is 1560. The zero-order valence-electron chi connectivity index (χ0n) is 21.3. The van der Waals surface area contributed by atoms with E-state index in [0.29, 0.717) is 28.5 Å². The predicted molar refractivity (Wildman–Crippen MR) is 132 cm³/mol. The molecule has 0 aliphatic carbocycles. The largest absolute Gasteiger partial charge is 0.573 e. The van der Waals surface area contributed by atoms with Gasteiger partial charge in [-0.2, -0.15) is 18.3 Å². The van der Waals surface area contributed by atoms with Gasteiger partial charge < -0.3 is 19.5 Å². The second-order valence-corrected chi connectivity index (χ2v) is 10.2. The lowest BCUT2D eigenvalue weighted by molar-refractivity contribution is -0.274. The highest BCUT2D eigenvalue weighted by Gasteiger charge is 2.39. The second-order valence-electron chi connectivity index (χ2n) is 9.23. The summed E-state index contributed by atoms with van der Waals surface area (Å²) in [5, 5.41) is 3.29. The minimum Gasteiger partial charge on any atom is -0.406 e. The zero-order chi connectivity index (χ0) is 29.0. The predicted octanol–water partition coefficient (Wildman–Crippen LogP) is 4.55. The molecule has 17 heteroatoms. The fraction of sp³-hybridized carbons (Fsp3) is 0.435. The van der Waals surface area contributed by atoms with E-state index in [1.54, 1.807) is 30.6 Å². The lowest BCUT2D eigenvalue weighted by Crippen LogP contribution is -2.54. The highest BCUT2D eigenvalue weighted by molar-refractivity contribution is 7.16. The van der Waals surface area contributed by atoms with Gasteiger partial charge in [0.25, 0.3) is 0 Å². The number of nitrogens with one attached hydrogen (secondary N) is 1.